The number of hydrogen-bond donors (Lipinski definition) is 2. The standard InChI is InChI=1S/C18H27N3O4/c1-13(8-11-24-2)19-18(23)20-15-12-14(6-7-16(15)25-3)17(22)21-9-4-5-10-21/h6-7,12-13H,4-5,8-11H2,1-3H3,(H2,19,20,23)/t13-/m0/s1. The summed E-state index contributed by atoms with van der Waals surface area (Å²) in [5, 5.41) is 5.61. The van der Waals surface area contributed by atoms with Crippen LogP contribution in [0.2, 0.25) is 0 Å². The van der Waals surface area contributed by atoms with Gasteiger partial charge in [0.15, 0.2) is 0 Å². The first kappa shape index (κ1) is 19.1. The van der Waals surface area contributed by atoms with Crippen LogP contribution in [-0.4, -0.2) is 56.8 Å². The third-order valence-corrected chi connectivity index (χ3v) is 4.22. The van der Waals surface area contributed by atoms with Crippen LogP contribution >= 0.6 is 0 Å². The van der Waals surface area contributed by atoms with Gasteiger partial charge in [-0.2, -0.15) is 0 Å². The Kier molecular flexibility index (Phi) is 7.06. The van der Waals surface area contributed by atoms with Gasteiger partial charge < -0.3 is 25.0 Å². The Hall–Kier alpha value is -2.28. The molecule has 3 amide bonds. The molecule has 0 saturated carbocycles. The van der Waals surface area contributed by atoms with Crippen LogP contribution in [0.3, 0.4) is 0 Å². The average molecular weight is 349 g/mol. The smallest absolute Gasteiger partial charge is 0.319 e. The first-order chi connectivity index (χ1) is 12.0. The van der Waals surface area contributed by atoms with Crippen molar-refractivity contribution in [3.63, 3.8) is 0 Å². The number of rotatable bonds is 7. The highest BCUT2D eigenvalue weighted by molar-refractivity contribution is 5.98. The predicted molar refractivity (Wildman–Crippen MR) is 96.2 cm³/mol. The Morgan fingerprint density at radius 3 is 2.60 bits per heavy atom. The third kappa shape index (κ3) is 5.35. The van der Waals surface area contributed by atoms with Gasteiger partial charge in [0.25, 0.3) is 5.91 Å². The number of hydrogen-bond acceptors (Lipinski definition) is 4. The zero-order chi connectivity index (χ0) is 18.2. The van der Waals surface area contributed by atoms with Crippen molar-refractivity contribution in [2.24, 2.45) is 0 Å². The molecule has 1 heterocycles. The topological polar surface area (TPSA) is 79.9 Å². The molecule has 0 aromatic heterocycles. The van der Waals surface area contributed by atoms with Crippen molar-refractivity contribution in [1.82, 2.24) is 10.2 Å². The summed E-state index contributed by atoms with van der Waals surface area (Å²) in [6.07, 6.45) is 2.79. The molecular weight excluding hydrogens is 322 g/mol. The number of carbonyl (C=O) groups excluding carboxylic acids is 2. The van der Waals surface area contributed by atoms with E-state index in [1.165, 1.54) is 7.11 Å². The number of anilines is 1. The summed E-state index contributed by atoms with van der Waals surface area (Å²) in [5.74, 6) is 0.495. The number of amides is 3. The second-order valence-corrected chi connectivity index (χ2v) is 6.20. The van der Waals surface area contributed by atoms with Crippen LogP contribution in [0.5, 0.6) is 5.75 Å². The van der Waals surface area contributed by atoms with Crippen molar-refractivity contribution in [3.8, 4) is 5.75 Å². The quantitative estimate of drug-likeness (QED) is 0.792. The van der Waals surface area contributed by atoms with Gasteiger partial charge in [0.05, 0.1) is 12.8 Å². The SMILES string of the molecule is COCC[C@H](C)NC(=O)Nc1cc(C(=O)N2CCCC2)ccc1OC. The van der Waals surface area contributed by atoms with Crippen molar-refractivity contribution in [3.05, 3.63) is 23.8 Å². The normalized spacial score (nSPS) is 14.9. The molecule has 0 aliphatic carbocycles. The van der Waals surface area contributed by atoms with Crippen molar-refractivity contribution in [1.29, 1.82) is 0 Å². The highest BCUT2D eigenvalue weighted by atomic mass is 16.5. The molecule has 0 radical (unpaired) electrons. The van der Waals surface area contributed by atoms with Crippen LogP contribution in [0.25, 0.3) is 0 Å². The Morgan fingerprint density at radius 1 is 1.24 bits per heavy atom. The van der Waals surface area contributed by atoms with E-state index >= 15 is 0 Å². The summed E-state index contributed by atoms with van der Waals surface area (Å²) in [5.41, 5.74) is 1.02. The van der Waals surface area contributed by atoms with Gasteiger partial charge in [-0.05, 0) is 44.4 Å². The Morgan fingerprint density at radius 2 is 1.96 bits per heavy atom. The minimum Gasteiger partial charge on any atom is -0.495 e. The van der Waals surface area contributed by atoms with Gasteiger partial charge in [-0.25, -0.2) is 4.79 Å². The van der Waals surface area contributed by atoms with E-state index in [-0.39, 0.29) is 18.0 Å². The molecule has 138 valence electrons. The van der Waals surface area contributed by atoms with E-state index in [0.717, 1.165) is 25.9 Å². The van der Waals surface area contributed by atoms with Crippen molar-refractivity contribution >= 4 is 17.6 Å². The Bertz CT molecular complexity index is 600. The molecule has 1 aliphatic heterocycles. The number of nitrogens with zero attached hydrogens (tertiary/aromatic N) is 1. The van der Waals surface area contributed by atoms with E-state index in [2.05, 4.69) is 10.6 Å². The number of likely N-dealkylation sites (tertiary alicyclic amines) is 1. The van der Waals surface area contributed by atoms with Crippen LogP contribution in [-0.2, 0) is 4.74 Å². The van der Waals surface area contributed by atoms with Crippen LogP contribution in [0.15, 0.2) is 18.2 Å². The van der Waals surface area contributed by atoms with Crippen molar-refractivity contribution in [2.75, 3.05) is 39.2 Å². The fraction of sp³-hybridized carbons (Fsp3) is 0.556. The molecule has 2 N–H and O–H groups in total. The number of ether oxygens (including phenoxy) is 2. The fourth-order valence-electron chi connectivity index (χ4n) is 2.79. The maximum absolute atomic E-state index is 12.5. The van der Waals surface area contributed by atoms with Gasteiger partial charge in [-0.15, -0.1) is 0 Å². The monoisotopic (exact) mass is 349 g/mol. The van der Waals surface area contributed by atoms with E-state index < -0.39 is 0 Å². The van der Waals surface area contributed by atoms with Crippen LogP contribution in [0.1, 0.15) is 36.5 Å². The van der Waals surface area contributed by atoms with E-state index in [1.807, 2.05) is 11.8 Å². The maximum atomic E-state index is 12.5. The van der Waals surface area contributed by atoms with E-state index in [9.17, 15) is 9.59 Å². The lowest BCUT2D eigenvalue weighted by Crippen LogP contribution is -2.36. The van der Waals surface area contributed by atoms with Crippen molar-refractivity contribution in [2.45, 2.75) is 32.2 Å². The number of benzene rings is 1. The summed E-state index contributed by atoms with van der Waals surface area (Å²) >= 11 is 0. The predicted octanol–water partition coefficient (Wildman–Crippen LogP) is 2.48. The van der Waals surface area contributed by atoms with E-state index in [4.69, 9.17) is 9.47 Å². The Balaban J connectivity index is 2.06. The molecule has 0 bridgehead atoms. The second kappa shape index (κ2) is 9.27. The number of carbonyl (C=O) groups is 2. The number of methoxy groups -OCH3 is 2. The molecular formula is C18H27N3O4. The zero-order valence-corrected chi connectivity index (χ0v) is 15.1. The van der Waals surface area contributed by atoms with Gasteiger partial charge in [-0.3, -0.25) is 4.79 Å². The summed E-state index contributed by atoms with van der Waals surface area (Å²) in [6, 6.07) is 4.73. The zero-order valence-electron chi connectivity index (χ0n) is 15.1. The molecule has 7 nitrogen and oxygen atoms in total. The van der Waals surface area contributed by atoms with E-state index in [0.29, 0.717) is 30.0 Å². The van der Waals surface area contributed by atoms with Crippen LogP contribution in [0.4, 0.5) is 10.5 Å². The summed E-state index contributed by atoms with van der Waals surface area (Å²) in [7, 11) is 3.15. The second-order valence-electron chi connectivity index (χ2n) is 6.20. The first-order valence-electron chi connectivity index (χ1n) is 8.59. The molecule has 1 atom stereocenters. The molecule has 1 aromatic rings. The largest absolute Gasteiger partial charge is 0.495 e. The molecule has 1 aromatic carbocycles. The van der Waals surface area contributed by atoms with Crippen LogP contribution in [0, 0.1) is 0 Å². The van der Waals surface area contributed by atoms with Gasteiger partial charge in [0.1, 0.15) is 5.75 Å². The average Bonchev–Trinajstić information content (AvgIpc) is 3.13. The summed E-state index contributed by atoms with van der Waals surface area (Å²) < 4.78 is 10.3. The minimum absolute atomic E-state index is 0.0166. The molecule has 1 aliphatic rings. The van der Waals surface area contributed by atoms with Crippen LogP contribution < -0.4 is 15.4 Å². The molecule has 7 heteroatoms. The van der Waals surface area contributed by atoms with Gasteiger partial charge in [0, 0.05) is 38.4 Å². The van der Waals surface area contributed by atoms with Crippen molar-refractivity contribution < 1.29 is 19.1 Å². The van der Waals surface area contributed by atoms with Gasteiger partial charge in [-0.1, -0.05) is 0 Å². The first-order valence-corrected chi connectivity index (χ1v) is 8.59. The third-order valence-electron chi connectivity index (χ3n) is 4.22. The molecule has 0 unspecified atom stereocenters. The molecule has 25 heavy (non-hydrogen) atoms. The summed E-state index contributed by atoms with van der Waals surface area (Å²) in [4.78, 5) is 26.5. The summed E-state index contributed by atoms with van der Waals surface area (Å²) in [6.45, 7) is 4.05. The lowest BCUT2D eigenvalue weighted by atomic mass is 10.1. The number of nitrogens with one attached hydrogen (secondary N) is 2. The highest BCUT2D eigenvalue weighted by Crippen LogP contribution is 2.26. The lowest BCUT2D eigenvalue weighted by Gasteiger charge is -2.18. The highest BCUT2D eigenvalue weighted by Gasteiger charge is 2.21. The minimum atomic E-state index is -0.340. The molecule has 0 spiro atoms. The molecule has 2 rings (SSSR count). The Labute approximate surface area is 148 Å². The lowest BCUT2D eigenvalue weighted by molar-refractivity contribution is 0.0793. The molecule has 1 fully saturated rings. The maximum Gasteiger partial charge on any atom is 0.319 e. The fourth-order valence-corrected chi connectivity index (χ4v) is 2.79. The van der Waals surface area contributed by atoms with E-state index in [1.54, 1.807) is 25.3 Å². The number of urea groups is 1. The molecule has 1 saturated heterocycles. The van der Waals surface area contributed by atoms with Gasteiger partial charge in [0.2, 0.25) is 0 Å². The van der Waals surface area contributed by atoms with Gasteiger partial charge >= 0.3 is 6.03 Å².